The van der Waals surface area contributed by atoms with E-state index in [1.807, 2.05) is 62.4 Å². The number of hydrogen-bond donors (Lipinski definition) is 3. The third kappa shape index (κ3) is 5.28. The molecule has 0 amide bonds. The summed E-state index contributed by atoms with van der Waals surface area (Å²) < 4.78 is 7.45. The highest BCUT2D eigenvalue weighted by molar-refractivity contribution is 5.87. The monoisotopic (exact) mass is 476 g/mol. The van der Waals surface area contributed by atoms with Gasteiger partial charge in [0.1, 0.15) is 18.0 Å². The molecule has 0 spiro atoms. The number of nitrogens with zero attached hydrogens (tertiary/aromatic N) is 5. The van der Waals surface area contributed by atoms with Crippen LogP contribution >= 0.6 is 0 Å². The molecule has 0 unspecified atom stereocenters. The van der Waals surface area contributed by atoms with Crippen LogP contribution in [0.15, 0.2) is 48.5 Å². The van der Waals surface area contributed by atoms with Gasteiger partial charge < -0.3 is 19.5 Å². The first kappa shape index (κ1) is 24.2. The molecule has 35 heavy (non-hydrogen) atoms. The molecule has 3 N–H and O–H groups in total. The summed E-state index contributed by atoms with van der Waals surface area (Å²) in [5.74, 6) is -0.242. The first-order chi connectivity index (χ1) is 16.6. The smallest absolute Gasteiger partial charge is 0.356 e. The Balaban J connectivity index is 1.70. The topological polar surface area (TPSA) is 139 Å². The molecule has 0 fully saturated rings. The van der Waals surface area contributed by atoms with E-state index in [0.717, 1.165) is 22.3 Å². The van der Waals surface area contributed by atoms with Crippen LogP contribution in [0.5, 0.6) is 0 Å². The molecular formula is C25H28N6O4. The van der Waals surface area contributed by atoms with Gasteiger partial charge in [0, 0.05) is 12.1 Å². The maximum atomic E-state index is 11.9. The van der Waals surface area contributed by atoms with Crippen molar-refractivity contribution in [3.63, 3.8) is 0 Å². The number of carboxylic acid groups (broad SMARTS) is 1. The van der Waals surface area contributed by atoms with Crippen LogP contribution in [0.25, 0.3) is 22.5 Å². The minimum Gasteiger partial charge on any atom is -0.476 e. The van der Waals surface area contributed by atoms with Gasteiger partial charge >= 0.3 is 5.97 Å². The predicted molar refractivity (Wildman–Crippen MR) is 129 cm³/mol. The van der Waals surface area contributed by atoms with Crippen LogP contribution in [-0.2, 0) is 23.5 Å². The average molecular weight is 477 g/mol. The zero-order chi connectivity index (χ0) is 25.2. The Morgan fingerprint density at radius 3 is 2.37 bits per heavy atom. The number of hydrogen-bond acceptors (Lipinski definition) is 7. The highest BCUT2D eigenvalue weighted by atomic mass is 16.5. The number of carboxylic acids is 1. The molecule has 2 heterocycles. The number of aliphatic hydroxyl groups is 1. The van der Waals surface area contributed by atoms with Crippen molar-refractivity contribution in [1.29, 1.82) is 0 Å². The Morgan fingerprint density at radius 1 is 1.11 bits per heavy atom. The summed E-state index contributed by atoms with van der Waals surface area (Å²) in [7, 11) is 0. The van der Waals surface area contributed by atoms with Crippen LogP contribution in [-0.4, -0.2) is 52.5 Å². The molecule has 4 rings (SSSR count). The normalized spacial score (nSPS) is 11.8. The van der Waals surface area contributed by atoms with Crippen molar-refractivity contribution in [2.75, 3.05) is 0 Å². The quantitative estimate of drug-likeness (QED) is 0.333. The maximum absolute atomic E-state index is 11.9. The molecule has 0 aliphatic heterocycles. The van der Waals surface area contributed by atoms with Gasteiger partial charge in [0.05, 0.1) is 11.8 Å². The lowest BCUT2D eigenvalue weighted by molar-refractivity contribution is 0.0537. The zero-order valence-electron chi connectivity index (χ0n) is 20.1. The summed E-state index contributed by atoms with van der Waals surface area (Å²) >= 11 is 0. The number of tetrazole rings is 1. The number of benzene rings is 2. The van der Waals surface area contributed by atoms with Gasteiger partial charge in [-0.25, -0.2) is 9.78 Å². The summed E-state index contributed by atoms with van der Waals surface area (Å²) in [6, 6.07) is 15.7. The first-order valence-corrected chi connectivity index (χ1v) is 11.2. The fourth-order valence-corrected chi connectivity index (χ4v) is 3.97. The second-order valence-corrected chi connectivity index (χ2v) is 9.01. The minimum absolute atomic E-state index is 0.0578. The van der Waals surface area contributed by atoms with Crippen LogP contribution in [0.1, 0.15) is 55.3 Å². The van der Waals surface area contributed by atoms with Crippen LogP contribution in [0.2, 0.25) is 0 Å². The van der Waals surface area contributed by atoms with Gasteiger partial charge in [-0.1, -0.05) is 48.5 Å². The number of aromatic carboxylic acids is 1. The van der Waals surface area contributed by atoms with Crippen molar-refractivity contribution < 1.29 is 19.7 Å². The third-order valence-electron chi connectivity index (χ3n) is 5.49. The summed E-state index contributed by atoms with van der Waals surface area (Å²) in [4.78, 5) is 16.2. The summed E-state index contributed by atoms with van der Waals surface area (Å²) in [5.41, 5.74) is 2.34. The summed E-state index contributed by atoms with van der Waals surface area (Å²) in [6.45, 7) is 7.35. The molecule has 0 saturated carbocycles. The van der Waals surface area contributed by atoms with Crippen molar-refractivity contribution >= 4 is 5.97 Å². The van der Waals surface area contributed by atoms with Gasteiger partial charge in [0.2, 0.25) is 5.82 Å². The molecule has 0 saturated heterocycles. The number of H-pyrrole nitrogens is 1. The van der Waals surface area contributed by atoms with Gasteiger partial charge in [0.25, 0.3) is 0 Å². The van der Waals surface area contributed by atoms with Crippen molar-refractivity contribution in [1.82, 2.24) is 30.2 Å². The SMILES string of the molecule is CC(C)OCc1nc(C(=O)O)c(C(C)(C)O)n1Cc1ccc(-c2ccccc2-c2nn[nH]n2)cc1. The number of imidazole rings is 1. The molecule has 2 aromatic carbocycles. The Labute approximate surface area is 202 Å². The van der Waals surface area contributed by atoms with E-state index in [-0.39, 0.29) is 24.1 Å². The van der Waals surface area contributed by atoms with E-state index < -0.39 is 11.6 Å². The van der Waals surface area contributed by atoms with E-state index in [4.69, 9.17) is 4.74 Å². The maximum Gasteiger partial charge on any atom is 0.356 e. The van der Waals surface area contributed by atoms with E-state index in [2.05, 4.69) is 25.6 Å². The minimum atomic E-state index is -1.42. The molecular weight excluding hydrogens is 448 g/mol. The van der Waals surface area contributed by atoms with Gasteiger partial charge in [0.15, 0.2) is 5.69 Å². The zero-order valence-corrected chi connectivity index (χ0v) is 20.1. The number of rotatable bonds is 9. The fourth-order valence-electron chi connectivity index (χ4n) is 3.97. The lowest BCUT2D eigenvalue weighted by Gasteiger charge is -2.22. The van der Waals surface area contributed by atoms with Crippen molar-refractivity contribution in [2.24, 2.45) is 0 Å². The van der Waals surface area contributed by atoms with Gasteiger partial charge in [-0.3, -0.25) is 0 Å². The molecule has 2 aromatic heterocycles. The molecule has 0 atom stereocenters. The van der Waals surface area contributed by atoms with Gasteiger partial charge in [-0.05, 0) is 49.6 Å². The number of ether oxygens (including phenoxy) is 1. The lowest BCUT2D eigenvalue weighted by atomic mass is 9.98. The molecule has 10 heteroatoms. The molecule has 182 valence electrons. The Kier molecular flexibility index (Phi) is 6.77. The van der Waals surface area contributed by atoms with Crippen molar-refractivity contribution in [3.05, 3.63) is 71.3 Å². The first-order valence-electron chi connectivity index (χ1n) is 11.2. The Bertz CT molecular complexity index is 1300. The molecule has 0 bridgehead atoms. The second kappa shape index (κ2) is 9.77. The van der Waals surface area contributed by atoms with Crippen molar-refractivity contribution in [3.8, 4) is 22.5 Å². The van der Waals surface area contributed by atoms with E-state index in [9.17, 15) is 15.0 Å². The molecule has 4 aromatic rings. The van der Waals surface area contributed by atoms with Crippen LogP contribution in [0.4, 0.5) is 0 Å². The standard InChI is InChI=1S/C25H28N6O4/c1-15(2)35-14-20-26-21(24(32)33)22(25(3,4)34)31(20)13-16-9-11-17(12-10-16)18-7-5-6-8-19(18)23-27-29-30-28-23/h5-12,15,34H,13-14H2,1-4H3,(H,32,33)(H,27,28,29,30). The third-order valence-corrected chi connectivity index (χ3v) is 5.49. The van der Waals surface area contributed by atoms with Crippen molar-refractivity contribution in [2.45, 2.75) is 52.6 Å². The van der Waals surface area contributed by atoms with Crippen LogP contribution < -0.4 is 0 Å². The molecule has 0 aliphatic carbocycles. The predicted octanol–water partition coefficient (Wildman–Crippen LogP) is 3.63. The summed E-state index contributed by atoms with van der Waals surface area (Å²) in [5, 5.41) is 34.9. The number of aromatic amines is 1. The highest BCUT2D eigenvalue weighted by Gasteiger charge is 2.32. The van der Waals surface area contributed by atoms with E-state index >= 15 is 0 Å². The lowest BCUT2D eigenvalue weighted by Crippen LogP contribution is -2.25. The van der Waals surface area contributed by atoms with E-state index in [1.165, 1.54) is 0 Å². The Hall–Kier alpha value is -3.89. The van der Waals surface area contributed by atoms with E-state index in [0.29, 0.717) is 18.2 Å². The summed E-state index contributed by atoms with van der Waals surface area (Å²) in [6.07, 6.45) is -0.0578. The Morgan fingerprint density at radius 2 is 1.80 bits per heavy atom. The number of carbonyl (C=O) groups is 1. The van der Waals surface area contributed by atoms with Crippen LogP contribution in [0, 0.1) is 0 Å². The van der Waals surface area contributed by atoms with E-state index in [1.54, 1.807) is 18.4 Å². The molecule has 0 aliphatic rings. The van der Waals surface area contributed by atoms with Gasteiger partial charge in [-0.15, -0.1) is 10.2 Å². The average Bonchev–Trinajstić information content (AvgIpc) is 3.46. The number of nitrogens with one attached hydrogen (secondary N) is 1. The van der Waals surface area contributed by atoms with Gasteiger partial charge in [-0.2, -0.15) is 5.21 Å². The highest BCUT2D eigenvalue weighted by Crippen LogP contribution is 2.31. The number of aromatic nitrogens is 6. The second-order valence-electron chi connectivity index (χ2n) is 9.01. The fraction of sp³-hybridized carbons (Fsp3) is 0.320. The molecule has 0 radical (unpaired) electrons. The molecule has 10 nitrogen and oxygen atoms in total. The largest absolute Gasteiger partial charge is 0.476 e. The van der Waals surface area contributed by atoms with Crippen LogP contribution in [0.3, 0.4) is 0 Å².